The Balaban J connectivity index is 1.15. The van der Waals surface area contributed by atoms with Crippen LogP contribution < -0.4 is 14.8 Å². The number of nitrogens with zero attached hydrogens (tertiary/aromatic N) is 3. The van der Waals surface area contributed by atoms with Gasteiger partial charge in [-0.05, 0) is 47.9 Å². The Morgan fingerprint density at radius 2 is 1.47 bits per heavy atom. The predicted molar refractivity (Wildman–Crippen MR) is 157 cm³/mol. The molecule has 3 aliphatic rings. The van der Waals surface area contributed by atoms with Crippen molar-refractivity contribution in [1.29, 1.82) is 0 Å². The minimum atomic E-state index is -0.766. The smallest absolute Gasteiger partial charge is 0.255 e. The summed E-state index contributed by atoms with van der Waals surface area (Å²) in [5.74, 6) is 0.00146. The molecule has 3 amide bonds. The molecule has 0 saturated carbocycles. The fraction of sp³-hybridized carbons (Fsp3) is 0.364. The van der Waals surface area contributed by atoms with Gasteiger partial charge in [0.05, 0.1) is 26.8 Å². The van der Waals surface area contributed by atoms with Crippen LogP contribution in [0.1, 0.15) is 51.5 Å². The molecule has 3 aromatic rings. The van der Waals surface area contributed by atoms with E-state index in [-0.39, 0.29) is 42.8 Å². The van der Waals surface area contributed by atoms with Gasteiger partial charge >= 0.3 is 0 Å². The highest BCUT2D eigenvalue weighted by molar-refractivity contribution is 6.05. The Morgan fingerprint density at radius 1 is 0.860 bits per heavy atom. The predicted octanol–water partition coefficient (Wildman–Crippen LogP) is 3.51. The number of methoxy groups -OCH3 is 2. The quantitative estimate of drug-likeness (QED) is 0.404. The SMILES string of the molecule is COc1ccc(C(c2ccc(OC)cc2)N2CCN(Cc3ccc4c(c3F)CN(C3CCC(=O)NC3=O)C4=O)CC2)cc1. The molecular formula is C33H35FN4O5. The summed E-state index contributed by atoms with van der Waals surface area (Å²) >= 11 is 0. The second kappa shape index (κ2) is 12.1. The Kier molecular flexibility index (Phi) is 8.14. The first-order chi connectivity index (χ1) is 20.9. The van der Waals surface area contributed by atoms with E-state index in [0.29, 0.717) is 17.7 Å². The fourth-order valence-corrected chi connectivity index (χ4v) is 6.38. The highest BCUT2D eigenvalue weighted by atomic mass is 19.1. The minimum Gasteiger partial charge on any atom is -0.497 e. The van der Waals surface area contributed by atoms with Gasteiger partial charge < -0.3 is 14.4 Å². The Labute approximate surface area is 250 Å². The first-order valence-corrected chi connectivity index (χ1v) is 14.6. The number of carbonyl (C=O) groups excluding carboxylic acids is 3. The van der Waals surface area contributed by atoms with Gasteiger partial charge in [-0.25, -0.2) is 4.39 Å². The summed E-state index contributed by atoms with van der Waals surface area (Å²) in [7, 11) is 3.32. The van der Waals surface area contributed by atoms with Crippen molar-refractivity contribution < 1.29 is 28.2 Å². The van der Waals surface area contributed by atoms with Crippen LogP contribution in [0.15, 0.2) is 60.7 Å². The number of benzene rings is 3. The monoisotopic (exact) mass is 586 g/mol. The lowest BCUT2D eigenvalue weighted by atomic mass is 9.96. The molecule has 3 aliphatic heterocycles. The van der Waals surface area contributed by atoms with E-state index in [1.54, 1.807) is 26.4 Å². The molecule has 1 unspecified atom stereocenters. The van der Waals surface area contributed by atoms with E-state index in [1.165, 1.54) is 4.90 Å². The summed E-state index contributed by atoms with van der Waals surface area (Å²) in [4.78, 5) is 43.0. The molecule has 0 spiro atoms. The number of hydrogen-bond acceptors (Lipinski definition) is 7. The molecule has 1 atom stereocenters. The van der Waals surface area contributed by atoms with Gasteiger partial charge in [-0.2, -0.15) is 0 Å². The summed E-state index contributed by atoms with van der Waals surface area (Å²) in [6.45, 7) is 3.53. The molecule has 0 bridgehead atoms. The zero-order valence-electron chi connectivity index (χ0n) is 24.3. The lowest BCUT2D eigenvalue weighted by Crippen LogP contribution is -2.52. The molecule has 0 aliphatic carbocycles. The van der Waals surface area contributed by atoms with E-state index in [9.17, 15) is 14.4 Å². The van der Waals surface area contributed by atoms with Crippen LogP contribution in [0, 0.1) is 5.82 Å². The lowest BCUT2D eigenvalue weighted by Gasteiger charge is -2.40. The molecule has 1 N–H and O–H groups in total. The molecule has 10 heteroatoms. The fourth-order valence-electron chi connectivity index (χ4n) is 6.38. The number of ether oxygens (including phenoxy) is 2. The van der Waals surface area contributed by atoms with Gasteiger partial charge in [0.15, 0.2) is 0 Å². The molecule has 2 saturated heterocycles. The second-order valence-electron chi connectivity index (χ2n) is 11.2. The molecule has 9 nitrogen and oxygen atoms in total. The van der Waals surface area contributed by atoms with Gasteiger partial charge in [0, 0.05) is 55.8 Å². The van der Waals surface area contributed by atoms with E-state index in [2.05, 4.69) is 39.4 Å². The van der Waals surface area contributed by atoms with Gasteiger partial charge in [-0.3, -0.25) is 29.5 Å². The van der Waals surface area contributed by atoms with Gasteiger partial charge in [0.1, 0.15) is 23.4 Å². The molecule has 0 aromatic heterocycles. The standard InChI is InChI=1S/C33H35FN4O5/c1-42-24-8-3-21(4-9-24)31(22-5-10-25(43-2)11-6-22)37-17-15-36(16-18-37)19-23-7-12-26-27(30(23)34)20-38(33(26)41)28-13-14-29(39)35-32(28)40/h3-12,28,31H,13-20H2,1-2H3,(H,35,39,40). The zero-order chi connectivity index (χ0) is 30.1. The third-order valence-electron chi connectivity index (χ3n) is 8.76. The number of halogens is 1. The highest BCUT2D eigenvalue weighted by Gasteiger charge is 2.40. The van der Waals surface area contributed by atoms with Crippen molar-refractivity contribution in [3.63, 3.8) is 0 Å². The largest absolute Gasteiger partial charge is 0.497 e. The zero-order valence-corrected chi connectivity index (χ0v) is 24.3. The first kappa shape index (κ1) is 28.8. The molecule has 3 heterocycles. The van der Waals surface area contributed by atoms with Crippen molar-refractivity contribution in [2.45, 2.75) is 38.0 Å². The molecule has 2 fully saturated rings. The van der Waals surface area contributed by atoms with Crippen LogP contribution in [0.25, 0.3) is 0 Å². The summed E-state index contributed by atoms with van der Waals surface area (Å²) in [6.07, 6.45) is 0.408. The van der Waals surface area contributed by atoms with Crippen LogP contribution in [0.4, 0.5) is 4.39 Å². The molecule has 43 heavy (non-hydrogen) atoms. The number of imide groups is 1. The van der Waals surface area contributed by atoms with E-state index in [4.69, 9.17) is 9.47 Å². The maximum atomic E-state index is 15.8. The van der Waals surface area contributed by atoms with Crippen molar-refractivity contribution in [2.75, 3.05) is 40.4 Å². The van der Waals surface area contributed by atoms with Crippen molar-refractivity contribution in [3.8, 4) is 11.5 Å². The van der Waals surface area contributed by atoms with Crippen LogP contribution in [-0.4, -0.2) is 78.9 Å². The van der Waals surface area contributed by atoms with Crippen molar-refractivity contribution >= 4 is 17.7 Å². The maximum Gasteiger partial charge on any atom is 0.255 e. The number of fused-ring (bicyclic) bond motifs is 1. The average Bonchev–Trinajstić information content (AvgIpc) is 3.36. The van der Waals surface area contributed by atoms with E-state index < -0.39 is 17.8 Å². The number of piperidine rings is 1. The van der Waals surface area contributed by atoms with E-state index >= 15 is 4.39 Å². The van der Waals surface area contributed by atoms with E-state index in [1.807, 2.05) is 24.3 Å². The van der Waals surface area contributed by atoms with Crippen LogP contribution in [-0.2, 0) is 22.7 Å². The Hall–Kier alpha value is -4.28. The summed E-state index contributed by atoms with van der Waals surface area (Å²) in [5, 5.41) is 2.29. The third-order valence-corrected chi connectivity index (χ3v) is 8.76. The van der Waals surface area contributed by atoms with Gasteiger partial charge in [-0.1, -0.05) is 30.3 Å². The van der Waals surface area contributed by atoms with Crippen LogP contribution in [0.5, 0.6) is 11.5 Å². The minimum absolute atomic E-state index is 0.0271. The van der Waals surface area contributed by atoms with Gasteiger partial charge in [0.2, 0.25) is 11.8 Å². The van der Waals surface area contributed by atoms with Crippen molar-refractivity contribution in [2.24, 2.45) is 0 Å². The Morgan fingerprint density at radius 3 is 2.02 bits per heavy atom. The average molecular weight is 587 g/mol. The maximum absolute atomic E-state index is 15.8. The summed E-state index contributed by atoms with van der Waals surface area (Å²) < 4.78 is 26.5. The summed E-state index contributed by atoms with van der Waals surface area (Å²) in [6, 6.07) is 18.9. The lowest BCUT2D eigenvalue weighted by molar-refractivity contribution is -0.136. The van der Waals surface area contributed by atoms with E-state index in [0.717, 1.165) is 48.8 Å². The Bertz CT molecular complexity index is 1470. The van der Waals surface area contributed by atoms with Gasteiger partial charge in [0.25, 0.3) is 5.91 Å². The van der Waals surface area contributed by atoms with Crippen molar-refractivity contribution in [3.05, 3.63) is 94.3 Å². The number of piperazine rings is 1. The molecule has 224 valence electrons. The molecule has 6 rings (SSSR count). The first-order valence-electron chi connectivity index (χ1n) is 14.6. The number of rotatable bonds is 8. The molecule has 0 radical (unpaired) electrons. The second-order valence-corrected chi connectivity index (χ2v) is 11.2. The summed E-state index contributed by atoms with van der Waals surface area (Å²) in [5.41, 5.74) is 3.47. The number of nitrogens with one attached hydrogen (secondary N) is 1. The van der Waals surface area contributed by atoms with Crippen LogP contribution in [0.3, 0.4) is 0 Å². The number of amides is 3. The number of carbonyl (C=O) groups is 3. The molecular weight excluding hydrogens is 551 g/mol. The topological polar surface area (TPSA) is 91.4 Å². The van der Waals surface area contributed by atoms with Crippen LogP contribution >= 0.6 is 0 Å². The van der Waals surface area contributed by atoms with Gasteiger partial charge in [-0.15, -0.1) is 0 Å². The molecule has 3 aromatic carbocycles. The number of hydrogen-bond donors (Lipinski definition) is 1. The normalized spacial score (nSPS) is 19.5. The van der Waals surface area contributed by atoms with Crippen LogP contribution in [0.2, 0.25) is 0 Å². The third kappa shape index (κ3) is 5.72. The van der Waals surface area contributed by atoms with Crippen molar-refractivity contribution in [1.82, 2.24) is 20.0 Å². The highest BCUT2D eigenvalue weighted by Crippen LogP contribution is 2.34.